The second kappa shape index (κ2) is 5.24. The Morgan fingerprint density at radius 1 is 1.26 bits per heavy atom. The number of rotatable bonds is 2. The number of ether oxygens (including phenoxy) is 1. The van der Waals surface area contributed by atoms with E-state index < -0.39 is 0 Å². The van der Waals surface area contributed by atoms with E-state index in [9.17, 15) is 9.90 Å². The molecular weight excluding hydrogens is 240 g/mol. The van der Waals surface area contributed by atoms with Gasteiger partial charge < -0.3 is 9.84 Å². The lowest BCUT2D eigenvalue weighted by Gasteiger charge is -2.25. The van der Waals surface area contributed by atoms with Crippen LogP contribution in [0.2, 0.25) is 0 Å². The van der Waals surface area contributed by atoms with E-state index in [1.54, 1.807) is 0 Å². The van der Waals surface area contributed by atoms with Crippen LogP contribution >= 0.6 is 0 Å². The summed E-state index contributed by atoms with van der Waals surface area (Å²) < 4.78 is 4.82. The molecule has 0 aliphatic rings. The van der Waals surface area contributed by atoms with Crippen molar-refractivity contribution in [3.63, 3.8) is 0 Å². The standard InChI is InChI=1S/C16H24O3/c1-9-10(2)14(17)13(16(4,5)6)8-12(9)11(3)15(18)19-7/h8,11,17H,1-7H3. The topological polar surface area (TPSA) is 46.5 Å². The van der Waals surface area contributed by atoms with Gasteiger partial charge in [-0.3, -0.25) is 4.79 Å². The highest BCUT2D eigenvalue weighted by molar-refractivity contribution is 5.78. The zero-order valence-electron chi connectivity index (χ0n) is 12.9. The molecule has 1 N–H and O–H groups in total. The summed E-state index contributed by atoms with van der Waals surface area (Å²) >= 11 is 0. The lowest BCUT2D eigenvalue weighted by molar-refractivity contribution is -0.142. The summed E-state index contributed by atoms with van der Waals surface area (Å²) in [5.74, 6) is -0.260. The van der Waals surface area contributed by atoms with Gasteiger partial charge in [-0.25, -0.2) is 0 Å². The van der Waals surface area contributed by atoms with Gasteiger partial charge in [0, 0.05) is 0 Å². The van der Waals surface area contributed by atoms with Crippen molar-refractivity contribution in [3.8, 4) is 5.75 Å². The van der Waals surface area contributed by atoms with E-state index in [1.165, 1.54) is 7.11 Å². The SMILES string of the molecule is COC(=O)C(C)c1cc(C(C)(C)C)c(O)c(C)c1C. The van der Waals surface area contributed by atoms with E-state index in [-0.39, 0.29) is 17.3 Å². The molecule has 1 atom stereocenters. The minimum atomic E-state index is -0.328. The fourth-order valence-corrected chi connectivity index (χ4v) is 2.25. The van der Waals surface area contributed by atoms with Crippen molar-refractivity contribution in [2.45, 2.75) is 52.9 Å². The molecule has 0 saturated carbocycles. The van der Waals surface area contributed by atoms with Crippen molar-refractivity contribution >= 4 is 5.97 Å². The Kier molecular flexibility index (Phi) is 4.28. The van der Waals surface area contributed by atoms with Crippen LogP contribution in [-0.4, -0.2) is 18.2 Å². The first-order valence-electron chi connectivity index (χ1n) is 6.52. The zero-order valence-corrected chi connectivity index (χ0v) is 12.9. The minimum Gasteiger partial charge on any atom is -0.507 e. The fraction of sp³-hybridized carbons (Fsp3) is 0.562. The number of methoxy groups -OCH3 is 1. The molecule has 0 amide bonds. The van der Waals surface area contributed by atoms with Gasteiger partial charge in [-0.05, 0) is 48.4 Å². The molecule has 1 aromatic carbocycles. The fourth-order valence-electron chi connectivity index (χ4n) is 2.25. The lowest BCUT2D eigenvalue weighted by Crippen LogP contribution is -2.17. The molecule has 0 saturated heterocycles. The molecule has 0 aliphatic heterocycles. The third-order valence-corrected chi connectivity index (χ3v) is 3.73. The average Bonchev–Trinajstić information content (AvgIpc) is 2.33. The predicted octanol–water partition coefficient (Wildman–Crippen LogP) is 3.58. The van der Waals surface area contributed by atoms with Crippen molar-refractivity contribution < 1.29 is 14.6 Å². The number of aromatic hydroxyl groups is 1. The van der Waals surface area contributed by atoms with Gasteiger partial charge in [-0.15, -0.1) is 0 Å². The van der Waals surface area contributed by atoms with Crippen LogP contribution in [-0.2, 0) is 14.9 Å². The summed E-state index contributed by atoms with van der Waals surface area (Å²) in [6.45, 7) is 11.8. The Morgan fingerprint density at radius 3 is 2.21 bits per heavy atom. The molecule has 0 bridgehead atoms. The lowest BCUT2D eigenvalue weighted by atomic mass is 9.80. The van der Waals surface area contributed by atoms with Crippen molar-refractivity contribution in [1.82, 2.24) is 0 Å². The molecule has 1 aromatic rings. The summed E-state index contributed by atoms with van der Waals surface area (Å²) in [5.41, 5.74) is 3.39. The van der Waals surface area contributed by atoms with Crippen LogP contribution in [0.25, 0.3) is 0 Å². The highest BCUT2D eigenvalue weighted by Crippen LogP contribution is 2.38. The van der Waals surface area contributed by atoms with Crippen LogP contribution < -0.4 is 0 Å². The normalized spacial score (nSPS) is 13.2. The molecule has 0 fully saturated rings. The first-order valence-corrected chi connectivity index (χ1v) is 6.52. The van der Waals surface area contributed by atoms with Crippen LogP contribution in [0.5, 0.6) is 5.75 Å². The number of benzene rings is 1. The van der Waals surface area contributed by atoms with Crippen LogP contribution in [0.4, 0.5) is 0 Å². The predicted molar refractivity (Wildman–Crippen MR) is 76.7 cm³/mol. The van der Waals surface area contributed by atoms with Crippen LogP contribution in [0.1, 0.15) is 55.9 Å². The first kappa shape index (κ1) is 15.5. The zero-order chi connectivity index (χ0) is 15.0. The first-order chi connectivity index (χ1) is 8.61. The molecule has 1 unspecified atom stereocenters. The van der Waals surface area contributed by atoms with Gasteiger partial charge in [0.05, 0.1) is 13.0 Å². The average molecular weight is 264 g/mol. The molecule has 0 radical (unpaired) electrons. The molecule has 3 heteroatoms. The Morgan fingerprint density at radius 2 is 1.79 bits per heavy atom. The third-order valence-electron chi connectivity index (χ3n) is 3.73. The highest BCUT2D eigenvalue weighted by Gasteiger charge is 2.26. The molecule has 1 rings (SSSR count). The molecule has 19 heavy (non-hydrogen) atoms. The third kappa shape index (κ3) is 2.91. The maximum Gasteiger partial charge on any atom is 0.312 e. The summed E-state index contributed by atoms with van der Waals surface area (Å²) in [4.78, 5) is 11.7. The van der Waals surface area contributed by atoms with Crippen molar-refractivity contribution in [2.75, 3.05) is 7.11 Å². The molecular formula is C16H24O3. The van der Waals surface area contributed by atoms with E-state index in [0.29, 0.717) is 5.75 Å². The largest absolute Gasteiger partial charge is 0.507 e. The molecule has 0 aliphatic carbocycles. The monoisotopic (exact) mass is 264 g/mol. The van der Waals surface area contributed by atoms with E-state index in [4.69, 9.17) is 4.74 Å². The summed E-state index contributed by atoms with van der Waals surface area (Å²) in [6, 6.07) is 1.93. The van der Waals surface area contributed by atoms with E-state index in [2.05, 4.69) is 0 Å². The highest BCUT2D eigenvalue weighted by atomic mass is 16.5. The van der Waals surface area contributed by atoms with E-state index in [1.807, 2.05) is 47.6 Å². The Labute approximate surface area is 115 Å². The summed E-state index contributed by atoms with van der Waals surface area (Å²) in [5, 5.41) is 10.3. The maximum absolute atomic E-state index is 11.7. The Balaban J connectivity index is 3.50. The van der Waals surface area contributed by atoms with Gasteiger partial charge in [0.1, 0.15) is 5.75 Å². The van der Waals surface area contributed by atoms with Crippen LogP contribution in [0, 0.1) is 13.8 Å². The summed E-state index contributed by atoms with van der Waals surface area (Å²) in [7, 11) is 1.39. The van der Waals surface area contributed by atoms with Crippen molar-refractivity contribution in [2.24, 2.45) is 0 Å². The van der Waals surface area contributed by atoms with Gasteiger partial charge in [0.2, 0.25) is 0 Å². The number of carbonyl (C=O) groups excluding carboxylic acids is 1. The van der Waals surface area contributed by atoms with E-state index >= 15 is 0 Å². The Hall–Kier alpha value is -1.51. The number of hydrogen-bond donors (Lipinski definition) is 1. The number of carbonyl (C=O) groups is 1. The maximum atomic E-state index is 11.7. The van der Waals surface area contributed by atoms with Gasteiger partial charge >= 0.3 is 5.97 Å². The Bertz CT molecular complexity index is 496. The number of esters is 1. The quantitative estimate of drug-likeness (QED) is 0.830. The van der Waals surface area contributed by atoms with Crippen molar-refractivity contribution in [3.05, 3.63) is 28.3 Å². The molecule has 0 aromatic heterocycles. The van der Waals surface area contributed by atoms with Gasteiger partial charge in [0.15, 0.2) is 0 Å². The molecule has 3 nitrogen and oxygen atoms in total. The second-order valence-electron chi connectivity index (χ2n) is 6.11. The van der Waals surface area contributed by atoms with Crippen LogP contribution in [0.15, 0.2) is 6.07 Å². The van der Waals surface area contributed by atoms with Gasteiger partial charge in [0.25, 0.3) is 0 Å². The number of phenols is 1. The molecule has 0 spiro atoms. The second-order valence-corrected chi connectivity index (χ2v) is 6.11. The number of phenolic OH excluding ortho intramolecular Hbond substituents is 1. The van der Waals surface area contributed by atoms with Crippen LogP contribution in [0.3, 0.4) is 0 Å². The minimum absolute atomic E-state index is 0.173. The number of hydrogen-bond acceptors (Lipinski definition) is 3. The van der Waals surface area contributed by atoms with Crippen molar-refractivity contribution in [1.29, 1.82) is 0 Å². The molecule has 106 valence electrons. The van der Waals surface area contributed by atoms with E-state index in [0.717, 1.165) is 22.3 Å². The van der Waals surface area contributed by atoms with Gasteiger partial charge in [-0.1, -0.05) is 26.8 Å². The molecule has 0 heterocycles. The smallest absolute Gasteiger partial charge is 0.312 e. The van der Waals surface area contributed by atoms with Gasteiger partial charge in [-0.2, -0.15) is 0 Å². The summed E-state index contributed by atoms with van der Waals surface area (Å²) in [6.07, 6.45) is 0.